The molecule has 0 unspecified atom stereocenters. The number of hydrogen-bond acceptors (Lipinski definition) is 3. The van der Waals surface area contributed by atoms with E-state index in [1.165, 1.54) is 0 Å². The number of hydrogen-bond donors (Lipinski definition) is 1. The van der Waals surface area contributed by atoms with E-state index in [0.29, 0.717) is 0 Å². The average Bonchev–Trinajstić information content (AvgIpc) is 2.17. The number of alkyl halides is 3. The van der Waals surface area contributed by atoms with Crippen molar-refractivity contribution < 1.29 is 22.7 Å². The van der Waals surface area contributed by atoms with E-state index < -0.39 is 24.1 Å². The van der Waals surface area contributed by atoms with E-state index in [1.54, 1.807) is 6.92 Å². The minimum atomic E-state index is -4.17. The molecule has 0 radical (unpaired) electrons. The van der Waals surface area contributed by atoms with Crippen LogP contribution in [0.5, 0.6) is 0 Å². The molecule has 1 fully saturated rings. The molecule has 1 saturated heterocycles. The van der Waals surface area contributed by atoms with Crippen molar-refractivity contribution in [2.24, 2.45) is 5.92 Å². The summed E-state index contributed by atoms with van der Waals surface area (Å²) < 4.78 is 41.5. The molecule has 2 atom stereocenters. The van der Waals surface area contributed by atoms with Gasteiger partial charge in [-0.1, -0.05) is 0 Å². The predicted octanol–water partition coefficient (Wildman–Crippen LogP) is 1.48. The lowest BCUT2D eigenvalue weighted by Crippen LogP contribution is -2.48. The second-order valence-corrected chi connectivity index (χ2v) is 3.53. The summed E-state index contributed by atoms with van der Waals surface area (Å²) in [5.41, 5.74) is 0. The zero-order valence-corrected chi connectivity index (χ0v) is 8.43. The van der Waals surface area contributed by atoms with Crippen molar-refractivity contribution in [1.29, 1.82) is 0 Å². The Bertz CT molecular complexity index is 222. The fourth-order valence-corrected chi connectivity index (χ4v) is 1.58. The van der Waals surface area contributed by atoms with E-state index in [-0.39, 0.29) is 26.0 Å². The first kappa shape index (κ1) is 12.3. The van der Waals surface area contributed by atoms with E-state index >= 15 is 0 Å². The van der Waals surface area contributed by atoms with Crippen molar-refractivity contribution in [2.45, 2.75) is 32.0 Å². The molecule has 0 saturated carbocycles. The Morgan fingerprint density at radius 1 is 1.47 bits per heavy atom. The van der Waals surface area contributed by atoms with Gasteiger partial charge in [0.1, 0.15) is 6.04 Å². The fraction of sp³-hybridized carbons (Fsp3) is 0.889. The zero-order chi connectivity index (χ0) is 11.5. The van der Waals surface area contributed by atoms with Crippen molar-refractivity contribution in [2.75, 3.05) is 13.2 Å². The van der Waals surface area contributed by atoms with Crippen LogP contribution in [-0.2, 0) is 9.53 Å². The van der Waals surface area contributed by atoms with Crippen LogP contribution >= 0.6 is 0 Å². The molecular formula is C9H14F3NO2. The molecule has 0 aromatic heterocycles. The summed E-state index contributed by atoms with van der Waals surface area (Å²) >= 11 is 0. The van der Waals surface area contributed by atoms with E-state index in [4.69, 9.17) is 4.74 Å². The third-order valence-corrected chi connectivity index (χ3v) is 2.45. The Balaban J connectivity index is 2.39. The molecule has 3 nitrogen and oxygen atoms in total. The first-order chi connectivity index (χ1) is 6.95. The number of ether oxygens (including phenoxy) is 1. The molecule has 1 aliphatic heterocycles. The smallest absolute Gasteiger partial charge is 0.393 e. The van der Waals surface area contributed by atoms with Gasteiger partial charge in [0.15, 0.2) is 0 Å². The van der Waals surface area contributed by atoms with Gasteiger partial charge in [0, 0.05) is 6.54 Å². The van der Waals surface area contributed by atoms with Gasteiger partial charge in [0.2, 0.25) is 0 Å². The molecule has 0 aromatic carbocycles. The lowest BCUT2D eigenvalue weighted by molar-refractivity contribution is -0.182. The molecule has 1 N–H and O–H groups in total. The summed E-state index contributed by atoms with van der Waals surface area (Å²) in [6.07, 6.45) is -4.00. The predicted molar refractivity (Wildman–Crippen MR) is 47.2 cm³/mol. The molecular weight excluding hydrogens is 211 g/mol. The summed E-state index contributed by atoms with van der Waals surface area (Å²) in [6, 6.07) is -0.580. The lowest BCUT2D eigenvalue weighted by Gasteiger charge is -2.29. The second-order valence-electron chi connectivity index (χ2n) is 3.53. The Morgan fingerprint density at radius 2 is 2.13 bits per heavy atom. The maximum atomic E-state index is 12.3. The molecule has 0 bridgehead atoms. The van der Waals surface area contributed by atoms with Crippen molar-refractivity contribution in [3.8, 4) is 0 Å². The maximum absolute atomic E-state index is 12.3. The third-order valence-electron chi connectivity index (χ3n) is 2.45. The fourth-order valence-electron chi connectivity index (χ4n) is 1.58. The van der Waals surface area contributed by atoms with Gasteiger partial charge in [-0.05, 0) is 19.8 Å². The summed E-state index contributed by atoms with van der Waals surface area (Å²) in [5, 5.41) is 2.57. The van der Waals surface area contributed by atoms with E-state index in [0.717, 1.165) is 0 Å². The van der Waals surface area contributed by atoms with Crippen LogP contribution in [0.2, 0.25) is 0 Å². The zero-order valence-electron chi connectivity index (χ0n) is 8.43. The van der Waals surface area contributed by atoms with Crippen molar-refractivity contribution in [3.63, 3.8) is 0 Å². The highest BCUT2D eigenvalue weighted by molar-refractivity contribution is 5.75. The number of piperidine rings is 1. The van der Waals surface area contributed by atoms with Crippen LogP contribution < -0.4 is 5.32 Å². The SMILES string of the molecule is CCOC(=O)[C@H]1CC[C@@H](C(F)(F)F)CN1. The summed E-state index contributed by atoms with van der Waals surface area (Å²) in [6.45, 7) is 1.71. The molecule has 0 aromatic rings. The highest BCUT2D eigenvalue weighted by Gasteiger charge is 2.42. The van der Waals surface area contributed by atoms with Crippen LogP contribution in [0.3, 0.4) is 0 Å². The van der Waals surface area contributed by atoms with Crippen LogP contribution in [0.1, 0.15) is 19.8 Å². The maximum Gasteiger partial charge on any atom is 0.393 e. The molecule has 6 heteroatoms. The van der Waals surface area contributed by atoms with Gasteiger partial charge in [0.25, 0.3) is 0 Å². The van der Waals surface area contributed by atoms with Gasteiger partial charge in [-0.3, -0.25) is 4.79 Å². The normalized spacial score (nSPS) is 27.5. The van der Waals surface area contributed by atoms with Gasteiger partial charge in [-0.15, -0.1) is 0 Å². The Hall–Kier alpha value is -0.780. The van der Waals surface area contributed by atoms with Crippen molar-refractivity contribution >= 4 is 5.97 Å². The number of carbonyl (C=O) groups excluding carboxylic acids is 1. The van der Waals surface area contributed by atoms with Crippen LogP contribution in [0.25, 0.3) is 0 Å². The minimum absolute atomic E-state index is 0.0139. The second kappa shape index (κ2) is 4.83. The monoisotopic (exact) mass is 225 g/mol. The summed E-state index contributed by atoms with van der Waals surface area (Å²) in [5.74, 6) is -1.80. The Morgan fingerprint density at radius 3 is 2.53 bits per heavy atom. The van der Waals surface area contributed by atoms with Crippen molar-refractivity contribution in [1.82, 2.24) is 5.32 Å². The van der Waals surface area contributed by atoms with Crippen LogP contribution in [0.4, 0.5) is 13.2 Å². The number of halogens is 3. The molecule has 1 aliphatic rings. The quantitative estimate of drug-likeness (QED) is 0.723. The average molecular weight is 225 g/mol. The van der Waals surface area contributed by atoms with Crippen LogP contribution in [0, 0.1) is 5.92 Å². The van der Waals surface area contributed by atoms with Gasteiger partial charge in [0.05, 0.1) is 12.5 Å². The number of esters is 1. The third kappa shape index (κ3) is 3.37. The first-order valence-corrected chi connectivity index (χ1v) is 4.92. The number of rotatable bonds is 2. The van der Waals surface area contributed by atoms with E-state index in [9.17, 15) is 18.0 Å². The largest absolute Gasteiger partial charge is 0.465 e. The van der Waals surface area contributed by atoms with Gasteiger partial charge >= 0.3 is 12.1 Å². The van der Waals surface area contributed by atoms with Crippen molar-refractivity contribution in [3.05, 3.63) is 0 Å². The summed E-state index contributed by atoms with van der Waals surface area (Å²) in [7, 11) is 0. The van der Waals surface area contributed by atoms with Crippen LogP contribution in [0.15, 0.2) is 0 Å². The highest BCUT2D eigenvalue weighted by atomic mass is 19.4. The van der Waals surface area contributed by atoms with E-state index in [2.05, 4.69) is 5.32 Å². The molecule has 15 heavy (non-hydrogen) atoms. The van der Waals surface area contributed by atoms with E-state index in [1.807, 2.05) is 0 Å². The molecule has 88 valence electrons. The van der Waals surface area contributed by atoms with Gasteiger partial charge < -0.3 is 10.1 Å². The molecule has 1 heterocycles. The number of nitrogens with one attached hydrogen (secondary N) is 1. The topological polar surface area (TPSA) is 38.3 Å². The minimum Gasteiger partial charge on any atom is -0.465 e. The van der Waals surface area contributed by atoms with Crippen LogP contribution in [-0.4, -0.2) is 31.3 Å². The first-order valence-electron chi connectivity index (χ1n) is 4.92. The standard InChI is InChI=1S/C9H14F3NO2/c1-2-15-8(14)7-4-3-6(5-13-7)9(10,11)12/h6-7,13H,2-5H2,1H3/t6-,7-/m1/s1. The number of carbonyl (C=O) groups is 1. The van der Waals surface area contributed by atoms with Gasteiger partial charge in [-0.25, -0.2) is 0 Å². The molecule has 0 amide bonds. The molecule has 0 aliphatic carbocycles. The molecule has 0 spiro atoms. The molecule has 1 rings (SSSR count). The lowest BCUT2D eigenvalue weighted by atomic mass is 9.94. The Labute approximate surface area is 86.0 Å². The van der Waals surface area contributed by atoms with Gasteiger partial charge in [-0.2, -0.15) is 13.2 Å². The summed E-state index contributed by atoms with van der Waals surface area (Å²) in [4.78, 5) is 11.2. The highest BCUT2D eigenvalue weighted by Crippen LogP contribution is 2.31. The Kier molecular flexibility index (Phi) is 3.96.